The molecule has 0 atom stereocenters. The lowest BCUT2D eigenvalue weighted by atomic mass is 10.1. The van der Waals surface area contributed by atoms with Gasteiger partial charge in [-0.05, 0) is 65.5 Å². The van der Waals surface area contributed by atoms with E-state index in [0.29, 0.717) is 28.9 Å². The first kappa shape index (κ1) is 16.0. The molecule has 0 aromatic heterocycles. The van der Waals surface area contributed by atoms with Crippen LogP contribution in [0.1, 0.15) is 12.5 Å². The predicted molar refractivity (Wildman–Crippen MR) is 93.4 cm³/mol. The molecule has 1 saturated heterocycles. The molecule has 0 aliphatic carbocycles. The number of halogens is 1. The van der Waals surface area contributed by atoms with Gasteiger partial charge in [-0.2, -0.15) is 0 Å². The molecule has 1 aromatic rings. The molecule has 5 nitrogen and oxygen atoms in total. The highest BCUT2D eigenvalue weighted by molar-refractivity contribution is 14.1. The average molecular weight is 418 g/mol. The minimum Gasteiger partial charge on any atom is -0.492 e. The summed E-state index contributed by atoms with van der Waals surface area (Å²) in [5.74, 6) is 1.20. The van der Waals surface area contributed by atoms with Gasteiger partial charge in [0.25, 0.3) is 5.91 Å². The van der Waals surface area contributed by atoms with Crippen LogP contribution in [0.3, 0.4) is 0 Å². The molecule has 2 rings (SSSR count). The number of likely N-dealkylation sites (N-methyl/N-ethyl adjacent to an activating group) is 1. The zero-order valence-corrected chi connectivity index (χ0v) is 14.9. The molecule has 1 aliphatic heterocycles. The lowest BCUT2D eigenvalue weighted by Crippen LogP contribution is -2.25. The minimum atomic E-state index is -0.149. The van der Waals surface area contributed by atoms with E-state index in [2.05, 4.69) is 27.9 Å². The molecule has 1 aromatic carbocycles. The highest BCUT2D eigenvalue weighted by Gasteiger charge is 2.27. The largest absolute Gasteiger partial charge is 0.492 e. The van der Waals surface area contributed by atoms with E-state index in [1.807, 2.05) is 19.1 Å². The number of hydrogen-bond donors (Lipinski definition) is 1. The fourth-order valence-corrected chi connectivity index (χ4v) is 2.96. The van der Waals surface area contributed by atoms with Crippen LogP contribution in [0.25, 0.3) is 6.08 Å². The molecule has 0 unspecified atom stereocenters. The van der Waals surface area contributed by atoms with Crippen molar-refractivity contribution in [2.45, 2.75) is 6.92 Å². The van der Waals surface area contributed by atoms with Gasteiger partial charge in [0, 0.05) is 7.05 Å². The van der Waals surface area contributed by atoms with Crippen molar-refractivity contribution in [1.29, 1.82) is 0 Å². The fraction of sp³-hybridized carbons (Fsp3) is 0.286. The Hall–Kier alpha value is -1.35. The van der Waals surface area contributed by atoms with Crippen molar-refractivity contribution in [2.75, 3.05) is 20.8 Å². The first-order valence-electron chi connectivity index (χ1n) is 6.29. The van der Waals surface area contributed by atoms with Crippen molar-refractivity contribution in [3.05, 3.63) is 27.0 Å². The van der Waals surface area contributed by atoms with E-state index in [4.69, 9.17) is 21.7 Å². The number of nitrogens with zero attached hydrogens (tertiary/aromatic N) is 1. The van der Waals surface area contributed by atoms with Gasteiger partial charge in [0.15, 0.2) is 16.6 Å². The Morgan fingerprint density at radius 1 is 1.48 bits per heavy atom. The highest BCUT2D eigenvalue weighted by atomic mass is 127. The van der Waals surface area contributed by atoms with Crippen molar-refractivity contribution in [3.8, 4) is 11.5 Å². The molecular weight excluding hydrogens is 403 g/mol. The summed E-state index contributed by atoms with van der Waals surface area (Å²) in [5, 5.41) is 3.30. The summed E-state index contributed by atoms with van der Waals surface area (Å²) < 4.78 is 11.8. The lowest BCUT2D eigenvalue weighted by Gasteiger charge is -2.12. The van der Waals surface area contributed by atoms with Crippen LogP contribution in [0.5, 0.6) is 11.5 Å². The molecule has 1 aliphatic rings. The van der Waals surface area contributed by atoms with Gasteiger partial charge in [-0.1, -0.05) is 0 Å². The second-order valence-corrected chi connectivity index (χ2v) is 5.87. The van der Waals surface area contributed by atoms with Crippen molar-refractivity contribution in [1.82, 2.24) is 10.2 Å². The number of methoxy groups -OCH3 is 1. The Kier molecular flexibility index (Phi) is 5.04. The van der Waals surface area contributed by atoms with Gasteiger partial charge in [0.2, 0.25) is 0 Å². The molecule has 7 heteroatoms. The second kappa shape index (κ2) is 6.61. The predicted octanol–water partition coefficient (Wildman–Crippen LogP) is 2.39. The smallest absolute Gasteiger partial charge is 0.276 e. The van der Waals surface area contributed by atoms with Crippen molar-refractivity contribution >= 4 is 51.9 Å². The van der Waals surface area contributed by atoms with Crippen molar-refractivity contribution in [2.24, 2.45) is 0 Å². The van der Waals surface area contributed by atoms with Gasteiger partial charge in [-0.15, -0.1) is 0 Å². The van der Waals surface area contributed by atoms with Crippen molar-refractivity contribution in [3.63, 3.8) is 0 Å². The van der Waals surface area contributed by atoms with Crippen LogP contribution in [0, 0.1) is 3.57 Å². The Morgan fingerprint density at radius 3 is 2.71 bits per heavy atom. The van der Waals surface area contributed by atoms with Crippen LogP contribution >= 0.6 is 34.8 Å². The second-order valence-electron chi connectivity index (χ2n) is 4.32. The quantitative estimate of drug-likeness (QED) is 0.463. The third-order valence-electron chi connectivity index (χ3n) is 2.93. The Balaban J connectivity index is 2.41. The minimum absolute atomic E-state index is 0.149. The normalized spacial score (nSPS) is 16.4. The van der Waals surface area contributed by atoms with Crippen LogP contribution in [0.2, 0.25) is 0 Å². The zero-order valence-electron chi connectivity index (χ0n) is 11.9. The van der Waals surface area contributed by atoms with E-state index in [-0.39, 0.29) is 5.91 Å². The van der Waals surface area contributed by atoms with Gasteiger partial charge in [0.05, 0.1) is 17.3 Å². The number of amides is 1. The third-order valence-corrected chi connectivity index (χ3v) is 4.11. The summed E-state index contributed by atoms with van der Waals surface area (Å²) in [4.78, 5) is 13.4. The molecule has 0 radical (unpaired) electrons. The van der Waals surface area contributed by atoms with Crippen LogP contribution in [0.4, 0.5) is 0 Å². The number of ether oxygens (including phenoxy) is 2. The van der Waals surface area contributed by atoms with E-state index in [1.165, 1.54) is 4.90 Å². The Labute approximate surface area is 142 Å². The van der Waals surface area contributed by atoms with Gasteiger partial charge in [0.1, 0.15) is 5.70 Å². The number of rotatable bonds is 4. The van der Waals surface area contributed by atoms with Gasteiger partial charge >= 0.3 is 0 Å². The maximum absolute atomic E-state index is 12.0. The number of benzene rings is 1. The number of hydrogen-bond acceptors (Lipinski definition) is 4. The SMILES string of the molecule is CCOc1cc(C=C2NC(=S)N(C)C2=O)cc(I)c1OC. The van der Waals surface area contributed by atoms with Gasteiger partial charge < -0.3 is 14.8 Å². The van der Waals surface area contributed by atoms with E-state index < -0.39 is 0 Å². The summed E-state index contributed by atoms with van der Waals surface area (Å²) in [6.45, 7) is 2.45. The molecule has 1 heterocycles. The monoisotopic (exact) mass is 418 g/mol. The topological polar surface area (TPSA) is 50.8 Å². The summed E-state index contributed by atoms with van der Waals surface area (Å²) in [5.41, 5.74) is 1.29. The number of nitrogens with one attached hydrogen (secondary N) is 1. The van der Waals surface area contributed by atoms with E-state index in [1.54, 1.807) is 20.2 Å². The summed E-state index contributed by atoms with van der Waals surface area (Å²) in [6.07, 6.45) is 1.75. The highest BCUT2D eigenvalue weighted by Crippen LogP contribution is 2.34. The molecule has 1 amide bonds. The molecule has 112 valence electrons. The molecule has 1 fully saturated rings. The third kappa shape index (κ3) is 3.29. The fourth-order valence-electron chi connectivity index (χ4n) is 1.92. The Morgan fingerprint density at radius 2 is 2.19 bits per heavy atom. The van der Waals surface area contributed by atoms with Gasteiger partial charge in [-0.3, -0.25) is 9.69 Å². The van der Waals surface area contributed by atoms with Crippen molar-refractivity contribution < 1.29 is 14.3 Å². The first-order chi connectivity index (χ1) is 9.97. The maximum Gasteiger partial charge on any atom is 0.276 e. The molecule has 0 spiro atoms. The van der Waals surface area contributed by atoms with Crippen LogP contribution < -0.4 is 14.8 Å². The standard InChI is InChI=1S/C14H15IN2O3S/c1-4-20-11-7-8(5-9(15)12(11)19-3)6-10-13(18)17(2)14(21)16-10/h5-7H,4H2,1-3H3,(H,16,21). The summed E-state index contributed by atoms with van der Waals surface area (Å²) in [6, 6.07) is 3.76. The number of carbonyl (C=O) groups is 1. The summed E-state index contributed by atoms with van der Waals surface area (Å²) >= 11 is 7.23. The van der Waals surface area contributed by atoms with Crippen LogP contribution in [0.15, 0.2) is 17.8 Å². The average Bonchev–Trinajstić information content (AvgIpc) is 2.67. The van der Waals surface area contributed by atoms with E-state index in [9.17, 15) is 4.79 Å². The molecule has 1 N–H and O–H groups in total. The first-order valence-corrected chi connectivity index (χ1v) is 7.77. The van der Waals surface area contributed by atoms with Crippen LogP contribution in [-0.2, 0) is 4.79 Å². The number of thiocarbonyl (C=S) groups is 1. The Bertz CT molecular complexity index is 631. The molecular formula is C14H15IN2O3S. The molecule has 0 bridgehead atoms. The molecule has 21 heavy (non-hydrogen) atoms. The number of carbonyl (C=O) groups excluding carboxylic acids is 1. The molecule has 0 saturated carbocycles. The summed E-state index contributed by atoms with van der Waals surface area (Å²) in [7, 11) is 3.25. The van der Waals surface area contributed by atoms with E-state index >= 15 is 0 Å². The lowest BCUT2D eigenvalue weighted by molar-refractivity contribution is -0.121. The van der Waals surface area contributed by atoms with Crippen LogP contribution in [-0.4, -0.2) is 36.7 Å². The van der Waals surface area contributed by atoms with E-state index in [0.717, 1.165) is 9.13 Å². The van der Waals surface area contributed by atoms with Gasteiger partial charge in [-0.25, -0.2) is 0 Å². The zero-order chi connectivity index (χ0) is 15.6. The maximum atomic E-state index is 12.0.